The number of hydrogen-bond acceptors (Lipinski definition) is 3. The molecule has 5 heteroatoms. The molecule has 0 N–H and O–H groups in total. The second-order valence-corrected chi connectivity index (χ2v) is 8.27. The number of rotatable bonds is 6. The topological polar surface area (TPSA) is 54.5 Å². The molecule has 0 heterocycles. The van der Waals surface area contributed by atoms with Crippen molar-refractivity contribution in [2.45, 2.75) is 11.8 Å². The van der Waals surface area contributed by atoms with Crippen LogP contribution in [0.3, 0.4) is 0 Å². The first-order valence-electron chi connectivity index (χ1n) is 8.98. The number of nitrogens with zero attached hydrogens (tertiary/aromatic N) is 1. The van der Waals surface area contributed by atoms with Crippen LogP contribution in [0.1, 0.15) is 16.7 Å². The Balaban J connectivity index is 2.19. The normalized spacial score (nSPS) is 10.9. The van der Waals surface area contributed by atoms with Crippen LogP contribution in [-0.4, -0.2) is 14.3 Å². The standard InChI is InChI=1S/C24H21NO3S/c1-4-24(26)25(29(27,28)21-16-14-18(2)15-17-21)23-13-9-8-12-22(23)19(3)20-10-6-5-7-11-20/h4-17H,1,3H2,2H3. The Kier molecular flexibility index (Phi) is 5.80. The van der Waals surface area contributed by atoms with Crippen LogP contribution in [0.15, 0.2) is 103 Å². The van der Waals surface area contributed by atoms with Gasteiger partial charge in [0.2, 0.25) is 0 Å². The fraction of sp³-hybridized carbons (Fsp3) is 0.0417. The van der Waals surface area contributed by atoms with Crippen LogP contribution in [0, 0.1) is 6.92 Å². The van der Waals surface area contributed by atoms with Crippen molar-refractivity contribution in [3.63, 3.8) is 0 Å². The summed E-state index contributed by atoms with van der Waals surface area (Å²) in [6.07, 6.45) is 0.994. The highest BCUT2D eigenvalue weighted by Crippen LogP contribution is 2.34. The van der Waals surface area contributed by atoms with Gasteiger partial charge in [0.05, 0.1) is 10.6 Å². The summed E-state index contributed by atoms with van der Waals surface area (Å²) in [7, 11) is -4.15. The lowest BCUT2D eigenvalue weighted by Crippen LogP contribution is -2.36. The highest BCUT2D eigenvalue weighted by atomic mass is 32.2. The van der Waals surface area contributed by atoms with Gasteiger partial charge in [0, 0.05) is 5.56 Å². The molecule has 0 bridgehead atoms. The summed E-state index contributed by atoms with van der Waals surface area (Å²) in [6, 6.07) is 22.6. The van der Waals surface area contributed by atoms with Crippen LogP contribution < -0.4 is 4.31 Å². The number of anilines is 1. The molecule has 3 aromatic carbocycles. The smallest absolute Gasteiger partial charge is 0.268 e. The number of benzene rings is 3. The molecule has 0 atom stereocenters. The van der Waals surface area contributed by atoms with Crippen molar-refractivity contribution >= 4 is 27.2 Å². The number of aryl methyl sites for hydroxylation is 1. The summed E-state index contributed by atoms with van der Waals surface area (Å²) < 4.78 is 27.6. The van der Waals surface area contributed by atoms with E-state index in [0.717, 1.165) is 21.5 Å². The van der Waals surface area contributed by atoms with Crippen molar-refractivity contribution in [2.75, 3.05) is 4.31 Å². The number of carbonyl (C=O) groups is 1. The van der Waals surface area contributed by atoms with Gasteiger partial charge in [-0.15, -0.1) is 0 Å². The molecule has 29 heavy (non-hydrogen) atoms. The van der Waals surface area contributed by atoms with E-state index < -0.39 is 15.9 Å². The number of sulfonamides is 1. The van der Waals surface area contributed by atoms with Gasteiger partial charge in [-0.1, -0.05) is 79.4 Å². The lowest BCUT2D eigenvalue weighted by Gasteiger charge is -2.24. The molecule has 3 rings (SSSR count). The Bertz CT molecular complexity index is 1160. The monoisotopic (exact) mass is 403 g/mol. The molecule has 0 aromatic heterocycles. The molecule has 0 radical (unpaired) electrons. The third-order valence-electron chi connectivity index (χ3n) is 4.50. The van der Waals surface area contributed by atoms with Gasteiger partial charge in [0.1, 0.15) is 0 Å². The SMILES string of the molecule is C=CC(=O)N(c1ccccc1C(=C)c1ccccc1)S(=O)(=O)c1ccc(C)cc1. The van der Waals surface area contributed by atoms with E-state index in [1.165, 1.54) is 12.1 Å². The van der Waals surface area contributed by atoms with Crippen molar-refractivity contribution in [3.8, 4) is 0 Å². The number of carbonyl (C=O) groups excluding carboxylic acids is 1. The third-order valence-corrected chi connectivity index (χ3v) is 6.23. The minimum absolute atomic E-state index is 0.0263. The van der Waals surface area contributed by atoms with E-state index in [4.69, 9.17) is 0 Å². The quantitative estimate of drug-likeness (QED) is 0.547. The molecule has 0 unspecified atom stereocenters. The Labute approximate surface area is 171 Å². The zero-order chi connectivity index (χ0) is 21.0. The van der Waals surface area contributed by atoms with E-state index >= 15 is 0 Å². The summed E-state index contributed by atoms with van der Waals surface area (Å²) in [5.41, 5.74) is 3.14. The van der Waals surface area contributed by atoms with E-state index in [1.807, 2.05) is 37.3 Å². The minimum atomic E-state index is -4.15. The van der Waals surface area contributed by atoms with Crippen molar-refractivity contribution in [1.29, 1.82) is 0 Å². The van der Waals surface area contributed by atoms with Gasteiger partial charge in [-0.05, 0) is 42.3 Å². The fourth-order valence-corrected chi connectivity index (χ4v) is 4.39. The van der Waals surface area contributed by atoms with Crippen molar-refractivity contribution in [3.05, 3.63) is 115 Å². The molecule has 0 saturated heterocycles. The van der Waals surface area contributed by atoms with E-state index in [-0.39, 0.29) is 10.6 Å². The van der Waals surface area contributed by atoms with E-state index in [0.29, 0.717) is 11.1 Å². The Morgan fingerprint density at radius 1 is 0.897 bits per heavy atom. The molecule has 3 aromatic rings. The lowest BCUT2D eigenvalue weighted by molar-refractivity contribution is -0.113. The average Bonchev–Trinajstić information content (AvgIpc) is 2.74. The zero-order valence-corrected chi connectivity index (χ0v) is 16.9. The molecule has 0 spiro atoms. The Hall–Kier alpha value is -3.44. The van der Waals surface area contributed by atoms with Gasteiger partial charge in [0.15, 0.2) is 0 Å². The maximum absolute atomic E-state index is 13.4. The molecule has 0 saturated carbocycles. The fourth-order valence-electron chi connectivity index (χ4n) is 2.97. The Morgan fingerprint density at radius 2 is 1.48 bits per heavy atom. The lowest BCUT2D eigenvalue weighted by atomic mass is 9.98. The van der Waals surface area contributed by atoms with Gasteiger partial charge < -0.3 is 0 Å². The molecule has 0 aliphatic heterocycles. The first kappa shape index (κ1) is 20.3. The van der Waals surface area contributed by atoms with Crippen LogP contribution in [0.25, 0.3) is 5.57 Å². The van der Waals surface area contributed by atoms with Gasteiger partial charge in [-0.2, -0.15) is 4.31 Å². The second kappa shape index (κ2) is 8.29. The van der Waals surface area contributed by atoms with Gasteiger partial charge in [-0.25, -0.2) is 8.42 Å². The summed E-state index contributed by atoms with van der Waals surface area (Å²) in [6.45, 7) is 9.48. The molecule has 146 valence electrons. The molecule has 4 nitrogen and oxygen atoms in total. The van der Waals surface area contributed by atoms with Crippen LogP contribution in [0.2, 0.25) is 0 Å². The van der Waals surface area contributed by atoms with Crippen LogP contribution in [-0.2, 0) is 14.8 Å². The first-order chi connectivity index (χ1) is 13.9. The first-order valence-corrected chi connectivity index (χ1v) is 10.4. The molecule has 0 aliphatic rings. The van der Waals surface area contributed by atoms with Gasteiger partial charge >= 0.3 is 0 Å². The number of para-hydroxylation sites is 1. The van der Waals surface area contributed by atoms with Gasteiger partial charge in [-0.3, -0.25) is 4.79 Å². The van der Waals surface area contributed by atoms with E-state index in [2.05, 4.69) is 13.2 Å². The molecule has 0 fully saturated rings. The van der Waals surface area contributed by atoms with E-state index in [1.54, 1.807) is 36.4 Å². The maximum Gasteiger partial charge on any atom is 0.271 e. The predicted octanol–water partition coefficient (Wildman–Crippen LogP) is 4.96. The number of hydrogen-bond donors (Lipinski definition) is 0. The highest BCUT2D eigenvalue weighted by Gasteiger charge is 2.31. The van der Waals surface area contributed by atoms with Crippen molar-refractivity contribution in [1.82, 2.24) is 0 Å². The van der Waals surface area contributed by atoms with Crippen molar-refractivity contribution < 1.29 is 13.2 Å². The van der Waals surface area contributed by atoms with Crippen LogP contribution in [0.4, 0.5) is 5.69 Å². The van der Waals surface area contributed by atoms with Crippen LogP contribution >= 0.6 is 0 Å². The molecule has 1 amide bonds. The summed E-state index contributed by atoms with van der Waals surface area (Å²) in [5.74, 6) is -0.737. The summed E-state index contributed by atoms with van der Waals surface area (Å²) >= 11 is 0. The summed E-state index contributed by atoms with van der Waals surface area (Å²) in [5, 5.41) is 0. The van der Waals surface area contributed by atoms with Crippen LogP contribution in [0.5, 0.6) is 0 Å². The zero-order valence-electron chi connectivity index (χ0n) is 16.1. The second-order valence-electron chi connectivity index (χ2n) is 6.49. The highest BCUT2D eigenvalue weighted by molar-refractivity contribution is 7.93. The Morgan fingerprint density at radius 3 is 2.10 bits per heavy atom. The molecular weight excluding hydrogens is 382 g/mol. The average molecular weight is 404 g/mol. The number of amides is 1. The largest absolute Gasteiger partial charge is 0.271 e. The molecule has 0 aliphatic carbocycles. The maximum atomic E-state index is 13.4. The molecular formula is C24H21NO3S. The summed E-state index contributed by atoms with van der Waals surface area (Å²) in [4.78, 5) is 12.7. The third kappa shape index (κ3) is 4.05. The minimum Gasteiger partial charge on any atom is -0.268 e. The van der Waals surface area contributed by atoms with E-state index in [9.17, 15) is 13.2 Å². The van der Waals surface area contributed by atoms with Gasteiger partial charge in [0.25, 0.3) is 15.9 Å². The van der Waals surface area contributed by atoms with Crippen molar-refractivity contribution in [2.24, 2.45) is 0 Å². The predicted molar refractivity (Wildman–Crippen MR) is 117 cm³/mol.